The zero-order valence-corrected chi connectivity index (χ0v) is 11.9. The van der Waals surface area contributed by atoms with Crippen molar-refractivity contribution >= 4 is 5.91 Å². The Hall–Kier alpha value is -2.33. The fourth-order valence-corrected chi connectivity index (χ4v) is 2.18. The number of nitrogens with one attached hydrogen (secondary N) is 1. The van der Waals surface area contributed by atoms with E-state index in [2.05, 4.69) is 5.32 Å². The van der Waals surface area contributed by atoms with Gasteiger partial charge in [-0.25, -0.2) is 0 Å². The third-order valence-electron chi connectivity index (χ3n) is 3.38. The lowest BCUT2D eigenvalue weighted by Crippen LogP contribution is -2.29. The van der Waals surface area contributed by atoms with Gasteiger partial charge < -0.3 is 15.5 Å². The molecular weight excluding hydrogens is 266 g/mol. The monoisotopic (exact) mass is 285 g/mol. The first-order valence-corrected chi connectivity index (χ1v) is 6.85. The Morgan fingerprint density at radius 2 is 1.81 bits per heavy atom. The van der Waals surface area contributed by atoms with Crippen molar-refractivity contribution in [2.75, 3.05) is 6.54 Å². The van der Waals surface area contributed by atoms with Crippen molar-refractivity contribution in [1.82, 2.24) is 5.32 Å². The molecule has 2 aromatic rings. The van der Waals surface area contributed by atoms with E-state index < -0.39 is 6.10 Å². The first kappa shape index (κ1) is 15.1. The maximum absolute atomic E-state index is 11.9. The van der Waals surface area contributed by atoms with E-state index in [1.54, 1.807) is 24.3 Å². The van der Waals surface area contributed by atoms with E-state index in [1.807, 2.05) is 31.2 Å². The second kappa shape index (κ2) is 6.90. The van der Waals surface area contributed by atoms with Gasteiger partial charge in [0.2, 0.25) is 5.91 Å². The van der Waals surface area contributed by atoms with E-state index in [9.17, 15) is 15.0 Å². The van der Waals surface area contributed by atoms with Gasteiger partial charge in [0.05, 0.1) is 12.5 Å². The van der Waals surface area contributed by atoms with E-state index in [0.717, 1.165) is 11.1 Å². The summed E-state index contributed by atoms with van der Waals surface area (Å²) < 4.78 is 0. The summed E-state index contributed by atoms with van der Waals surface area (Å²) in [5.74, 6) is -0.128. The van der Waals surface area contributed by atoms with Crippen LogP contribution >= 0.6 is 0 Å². The van der Waals surface area contributed by atoms with Crippen molar-refractivity contribution in [1.29, 1.82) is 0 Å². The SMILES string of the molecule is Cc1ccccc1C(O)CNC(=O)Cc1ccccc1O. The molecule has 4 heteroatoms. The highest BCUT2D eigenvalue weighted by Crippen LogP contribution is 2.17. The van der Waals surface area contributed by atoms with E-state index in [0.29, 0.717) is 5.56 Å². The number of aryl methyl sites for hydroxylation is 1. The molecule has 0 heterocycles. The normalized spacial score (nSPS) is 11.9. The Kier molecular flexibility index (Phi) is 4.95. The number of phenolic OH excluding ortho intramolecular Hbond substituents is 1. The van der Waals surface area contributed by atoms with Gasteiger partial charge in [-0.05, 0) is 24.1 Å². The van der Waals surface area contributed by atoms with Crippen molar-refractivity contribution in [3.05, 3.63) is 65.2 Å². The number of rotatable bonds is 5. The third kappa shape index (κ3) is 4.07. The molecule has 0 saturated heterocycles. The molecule has 1 unspecified atom stereocenters. The number of para-hydroxylation sites is 1. The highest BCUT2D eigenvalue weighted by Gasteiger charge is 2.12. The number of aliphatic hydroxyl groups is 1. The Balaban J connectivity index is 1.90. The lowest BCUT2D eigenvalue weighted by Gasteiger charge is -2.14. The molecule has 0 aliphatic carbocycles. The number of hydrogen-bond donors (Lipinski definition) is 3. The molecule has 0 bridgehead atoms. The van der Waals surface area contributed by atoms with Crippen LogP contribution in [0.25, 0.3) is 0 Å². The standard InChI is InChI=1S/C17H19NO3/c1-12-6-2-4-8-14(12)16(20)11-18-17(21)10-13-7-3-5-9-15(13)19/h2-9,16,19-20H,10-11H2,1H3,(H,18,21). The molecule has 0 saturated carbocycles. The summed E-state index contributed by atoms with van der Waals surface area (Å²) in [5.41, 5.74) is 2.36. The first-order chi connectivity index (χ1) is 10.1. The Morgan fingerprint density at radius 1 is 1.14 bits per heavy atom. The minimum Gasteiger partial charge on any atom is -0.508 e. The maximum atomic E-state index is 11.9. The molecule has 2 rings (SSSR count). The number of aliphatic hydroxyl groups excluding tert-OH is 1. The molecule has 1 amide bonds. The van der Waals surface area contributed by atoms with E-state index >= 15 is 0 Å². The highest BCUT2D eigenvalue weighted by molar-refractivity contribution is 5.79. The molecule has 0 aliphatic rings. The van der Waals surface area contributed by atoms with Gasteiger partial charge in [0, 0.05) is 12.1 Å². The predicted octanol–water partition coefficient (Wildman–Crippen LogP) is 2.09. The number of carbonyl (C=O) groups is 1. The van der Waals surface area contributed by atoms with Gasteiger partial charge >= 0.3 is 0 Å². The lowest BCUT2D eigenvalue weighted by atomic mass is 10.0. The molecule has 0 spiro atoms. The van der Waals surface area contributed by atoms with Crippen LogP contribution in [0, 0.1) is 6.92 Å². The lowest BCUT2D eigenvalue weighted by molar-refractivity contribution is -0.120. The quantitative estimate of drug-likeness (QED) is 0.788. The number of carbonyl (C=O) groups excluding carboxylic acids is 1. The van der Waals surface area contributed by atoms with Crippen LogP contribution in [-0.4, -0.2) is 22.7 Å². The second-order valence-corrected chi connectivity index (χ2v) is 4.98. The van der Waals surface area contributed by atoms with Crippen LogP contribution in [0.3, 0.4) is 0 Å². The molecule has 3 N–H and O–H groups in total. The van der Waals surface area contributed by atoms with E-state index in [4.69, 9.17) is 0 Å². The predicted molar refractivity (Wildman–Crippen MR) is 81.0 cm³/mol. The molecule has 4 nitrogen and oxygen atoms in total. The van der Waals surface area contributed by atoms with Gasteiger partial charge in [-0.1, -0.05) is 42.5 Å². The minimum absolute atomic E-state index is 0.0904. The van der Waals surface area contributed by atoms with Gasteiger partial charge in [-0.3, -0.25) is 4.79 Å². The van der Waals surface area contributed by atoms with Crippen molar-refractivity contribution in [3.63, 3.8) is 0 Å². The number of hydrogen-bond acceptors (Lipinski definition) is 3. The fourth-order valence-electron chi connectivity index (χ4n) is 2.18. The van der Waals surface area contributed by atoms with E-state index in [-0.39, 0.29) is 24.6 Å². The van der Waals surface area contributed by atoms with Crippen molar-refractivity contribution in [2.24, 2.45) is 0 Å². The molecule has 110 valence electrons. The molecule has 0 aliphatic heterocycles. The largest absolute Gasteiger partial charge is 0.508 e. The van der Waals surface area contributed by atoms with Crippen LogP contribution in [0.4, 0.5) is 0 Å². The van der Waals surface area contributed by atoms with Crippen LogP contribution < -0.4 is 5.32 Å². The molecule has 1 atom stereocenters. The fraction of sp³-hybridized carbons (Fsp3) is 0.235. The van der Waals surface area contributed by atoms with Crippen LogP contribution in [0.2, 0.25) is 0 Å². The van der Waals surface area contributed by atoms with Crippen molar-refractivity contribution in [2.45, 2.75) is 19.4 Å². The summed E-state index contributed by atoms with van der Waals surface area (Å²) in [4.78, 5) is 11.9. The van der Waals surface area contributed by atoms with Gasteiger partial charge in [-0.2, -0.15) is 0 Å². The Labute approximate surface area is 124 Å². The van der Waals surface area contributed by atoms with Gasteiger partial charge in [0.25, 0.3) is 0 Å². The first-order valence-electron chi connectivity index (χ1n) is 6.85. The van der Waals surface area contributed by atoms with Crippen LogP contribution in [0.15, 0.2) is 48.5 Å². The average molecular weight is 285 g/mol. The van der Waals surface area contributed by atoms with Gasteiger partial charge in [0.15, 0.2) is 0 Å². The molecule has 2 aromatic carbocycles. The summed E-state index contributed by atoms with van der Waals surface area (Å²) in [7, 11) is 0. The average Bonchev–Trinajstić information content (AvgIpc) is 2.48. The van der Waals surface area contributed by atoms with Crippen LogP contribution in [0.1, 0.15) is 22.8 Å². The zero-order valence-electron chi connectivity index (χ0n) is 11.9. The van der Waals surface area contributed by atoms with Crippen molar-refractivity contribution in [3.8, 4) is 5.75 Å². The number of phenols is 1. The number of amides is 1. The Morgan fingerprint density at radius 3 is 2.52 bits per heavy atom. The topological polar surface area (TPSA) is 69.6 Å². The second-order valence-electron chi connectivity index (χ2n) is 4.98. The highest BCUT2D eigenvalue weighted by atomic mass is 16.3. The molecule has 0 fully saturated rings. The molecule has 21 heavy (non-hydrogen) atoms. The summed E-state index contributed by atoms with van der Waals surface area (Å²) in [6.07, 6.45) is -0.646. The minimum atomic E-state index is -0.737. The van der Waals surface area contributed by atoms with Crippen molar-refractivity contribution < 1.29 is 15.0 Å². The van der Waals surface area contributed by atoms with Gasteiger partial charge in [0.1, 0.15) is 5.75 Å². The summed E-state index contributed by atoms with van der Waals surface area (Å²) >= 11 is 0. The zero-order chi connectivity index (χ0) is 15.2. The molecule has 0 aromatic heterocycles. The Bertz CT molecular complexity index is 625. The molecular formula is C17H19NO3. The number of aromatic hydroxyl groups is 1. The van der Waals surface area contributed by atoms with Gasteiger partial charge in [-0.15, -0.1) is 0 Å². The van der Waals surface area contributed by atoms with Crippen LogP contribution in [0.5, 0.6) is 5.75 Å². The van der Waals surface area contributed by atoms with E-state index in [1.165, 1.54) is 0 Å². The summed E-state index contributed by atoms with van der Waals surface area (Å²) in [5, 5.41) is 22.4. The smallest absolute Gasteiger partial charge is 0.224 e. The summed E-state index contributed by atoms with van der Waals surface area (Å²) in [6, 6.07) is 14.2. The summed E-state index contributed by atoms with van der Waals surface area (Å²) in [6.45, 7) is 2.07. The van der Waals surface area contributed by atoms with Crippen LogP contribution in [-0.2, 0) is 11.2 Å². The third-order valence-corrected chi connectivity index (χ3v) is 3.38. The maximum Gasteiger partial charge on any atom is 0.224 e. The number of benzene rings is 2. The molecule has 0 radical (unpaired) electrons.